The van der Waals surface area contributed by atoms with Crippen molar-refractivity contribution in [1.29, 1.82) is 0 Å². The molecule has 1 amide bonds. The molecule has 0 bridgehead atoms. The first-order valence-corrected chi connectivity index (χ1v) is 6.28. The van der Waals surface area contributed by atoms with Crippen LogP contribution in [-0.4, -0.2) is 32.6 Å². The Hall–Kier alpha value is -2.41. The number of anilines is 2. The maximum atomic E-state index is 12.2. The van der Waals surface area contributed by atoms with E-state index in [1.165, 1.54) is 6.33 Å². The van der Waals surface area contributed by atoms with Crippen LogP contribution in [0.5, 0.6) is 0 Å². The first-order chi connectivity index (χ1) is 9.65. The average Bonchev–Trinajstić information content (AvgIpc) is 2.90. The minimum absolute atomic E-state index is 0.00659. The third-order valence-electron chi connectivity index (χ3n) is 2.91. The zero-order valence-electron chi connectivity index (χ0n) is 10.2. The van der Waals surface area contributed by atoms with Crippen molar-refractivity contribution < 1.29 is 9.59 Å². The molecule has 1 atom stereocenters. The van der Waals surface area contributed by atoms with Crippen LogP contribution < -0.4 is 10.6 Å². The maximum absolute atomic E-state index is 12.2. The van der Waals surface area contributed by atoms with Crippen molar-refractivity contribution in [2.45, 2.75) is 12.5 Å². The summed E-state index contributed by atoms with van der Waals surface area (Å²) in [7, 11) is 0. The Morgan fingerprint density at radius 3 is 3.05 bits per heavy atom. The van der Waals surface area contributed by atoms with Crippen molar-refractivity contribution >= 4 is 35.1 Å². The lowest BCUT2D eigenvalue weighted by atomic mass is 10.1. The van der Waals surface area contributed by atoms with Crippen molar-refractivity contribution in [2.24, 2.45) is 0 Å². The van der Waals surface area contributed by atoms with E-state index < -0.39 is 6.04 Å². The lowest BCUT2D eigenvalue weighted by Gasteiger charge is -2.22. The number of rotatable bonds is 2. The zero-order chi connectivity index (χ0) is 14.1. The molecule has 1 aromatic carbocycles. The van der Waals surface area contributed by atoms with Gasteiger partial charge in [0, 0.05) is 0 Å². The molecule has 1 aliphatic rings. The van der Waals surface area contributed by atoms with Gasteiger partial charge in [-0.25, -0.2) is 0 Å². The summed E-state index contributed by atoms with van der Waals surface area (Å²) in [5, 5.41) is 9.75. The summed E-state index contributed by atoms with van der Waals surface area (Å²) >= 11 is 5.97. The molecule has 0 fully saturated rings. The first kappa shape index (κ1) is 12.6. The maximum Gasteiger partial charge on any atom is 0.252 e. The molecule has 102 valence electrons. The van der Waals surface area contributed by atoms with E-state index in [1.807, 2.05) is 0 Å². The Morgan fingerprint density at radius 1 is 1.45 bits per heavy atom. The summed E-state index contributed by atoms with van der Waals surface area (Å²) in [6.07, 6.45) is 1.27. The average molecular weight is 292 g/mol. The van der Waals surface area contributed by atoms with E-state index in [1.54, 1.807) is 24.3 Å². The molecule has 2 N–H and O–H groups in total. The number of nitrogens with zero attached hydrogens (tertiary/aromatic N) is 3. The van der Waals surface area contributed by atoms with Crippen LogP contribution in [0.1, 0.15) is 11.2 Å². The van der Waals surface area contributed by atoms with Gasteiger partial charge < -0.3 is 10.6 Å². The Labute approximate surface area is 118 Å². The van der Waals surface area contributed by atoms with Gasteiger partial charge in [-0.1, -0.05) is 23.7 Å². The third kappa shape index (κ3) is 2.23. The van der Waals surface area contributed by atoms with Crippen molar-refractivity contribution in [3.63, 3.8) is 0 Å². The van der Waals surface area contributed by atoms with E-state index in [9.17, 15) is 9.59 Å². The molecule has 0 unspecified atom stereocenters. The molecular weight excluding hydrogens is 282 g/mol. The van der Waals surface area contributed by atoms with E-state index in [-0.39, 0.29) is 24.2 Å². The van der Waals surface area contributed by atoms with Gasteiger partial charge in [0.05, 0.1) is 17.1 Å². The van der Waals surface area contributed by atoms with Crippen LogP contribution in [0.3, 0.4) is 0 Å². The molecule has 0 saturated heterocycles. The number of aromatic nitrogens is 3. The Kier molecular flexibility index (Phi) is 3.11. The van der Waals surface area contributed by atoms with Crippen LogP contribution in [0.15, 0.2) is 30.6 Å². The first-order valence-electron chi connectivity index (χ1n) is 5.90. The molecule has 2 heterocycles. The number of fused-ring (bicyclic) bond motifs is 1. The number of para-hydroxylation sites is 1. The second-order valence-electron chi connectivity index (χ2n) is 4.26. The van der Waals surface area contributed by atoms with Gasteiger partial charge in [0.2, 0.25) is 11.9 Å². The fourth-order valence-electron chi connectivity index (χ4n) is 1.93. The van der Waals surface area contributed by atoms with Crippen LogP contribution in [0, 0.1) is 0 Å². The summed E-state index contributed by atoms with van der Waals surface area (Å²) in [6.45, 7) is 0. The van der Waals surface area contributed by atoms with Crippen LogP contribution in [0.4, 0.5) is 11.6 Å². The second-order valence-corrected chi connectivity index (χ2v) is 4.67. The number of benzene rings is 1. The predicted octanol–water partition coefficient (Wildman–Crippen LogP) is 1.39. The molecule has 20 heavy (non-hydrogen) atoms. The summed E-state index contributed by atoms with van der Waals surface area (Å²) in [6, 6.07) is 6.19. The number of nitrogens with one attached hydrogen (secondary N) is 2. The largest absolute Gasteiger partial charge is 0.342 e. The van der Waals surface area contributed by atoms with Crippen LogP contribution >= 0.6 is 11.6 Å². The Bertz CT molecular complexity index is 684. The topological polar surface area (TPSA) is 88.9 Å². The van der Waals surface area contributed by atoms with E-state index in [0.29, 0.717) is 10.7 Å². The summed E-state index contributed by atoms with van der Waals surface area (Å²) < 4.78 is 1.14. The SMILES string of the molecule is O=C(Nc1ccccc1Cl)[C@@H]1CC(=O)n2ncnc2N1. The van der Waals surface area contributed by atoms with Gasteiger partial charge in [-0.15, -0.1) is 0 Å². The van der Waals surface area contributed by atoms with Crippen molar-refractivity contribution in [2.75, 3.05) is 10.6 Å². The number of halogens is 1. The number of hydrogen-bond acceptors (Lipinski definition) is 5. The summed E-state index contributed by atoms with van der Waals surface area (Å²) in [5.74, 6) is -0.364. The Balaban J connectivity index is 1.76. The molecule has 1 aromatic heterocycles. The number of amides is 1. The summed E-state index contributed by atoms with van der Waals surface area (Å²) in [4.78, 5) is 27.8. The Morgan fingerprint density at radius 2 is 2.25 bits per heavy atom. The fraction of sp³-hybridized carbons (Fsp3) is 0.167. The second kappa shape index (κ2) is 4.93. The molecule has 8 heteroatoms. The highest BCUT2D eigenvalue weighted by atomic mass is 35.5. The van der Waals surface area contributed by atoms with Gasteiger partial charge in [0.25, 0.3) is 5.91 Å². The van der Waals surface area contributed by atoms with Gasteiger partial charge in [-0.05, 0) is 12.1 Å². The highest BCUT2D eigenvalue weighted by Gasteiger charge is 2.30. The van der Waals surface area contributed by atoms with Gasteiger partial charge in [-0.3, -0.25) is 9.59 Å². The standard InChI is InChI=1S/C12H10ClN5O2/c13-7-3-1-2-4-8(7)16-11(20)9-5-10(19)18-12(17-9)14-6-15-18/h1-4,6,9H,5H2,(H,16,20)(H,14,15,17)/t9-/m0/s1. The smallest absolute Gasteiger partial charge is 0.252 e. The lowest BCUT2D eigenvalue weighted by molar-refractivity contribution is -0.117. The normalized spacial score (nSPS) is 17.2. The molecule has 0 aliphatic carbocycles. The molecular formula is C12H10ClN5O2. The van der Waals surface area contributed by atoms with Gasteiger partial charge >= 0.3 is 0 Å². The zero-order valence-corrected chi connectivity index (χ0v) is 11.0. The monoisotopic (exact) mass is 291 g/mol. The fourth-order valence-corrected chi connectivity index (χ4v) is 2.11. The molecule has 0 saturated carbocycles. The molecule has 0 radical (unpaired) electrons. The van der Waals surface area contributed by atoms with Gasteiger partial charge in [0.15, 0.2) is 0 Å². The van der Waals surface area contributed by atoms with E-state index in [4.69, 9.17) is 11.6 Å². The van der Waals surface area contributed by atoms with Gasteiger partial charge in [0.1, 0.15) is 12.4 Å². The predicted molar refractivity (Wildman–Crippen MR) is 72.8 cm³/mol. The number of carbonyl (C=O) groups excluding carboxylic acids is 2. The van der Waals surface area contributed by atoms with Crippen LogP contribution in [-0.2, 0) is 4.79 Å². The van der Waals surface area contributed by atoms with Crippen LogP contribution in [0.2, 0.25) is 5.02 Å². The molecule has 3 rings (SSSR count). The van der Waals surface area contributed by atoms with Crippen LogP contribution in [0.25, 0.3) is 0 Å². The number of hydrogen-bond donors (Lipinski definition) is 2. The van der Waals surface area contributed by atoms with E-state index in [2.05, 4.69) is 20.7 Å². The van der Waals surface area contributed by atoms with E-state index in [0.717, 1.165) is 4.68 Å². The minimum atomic E-state index is -0.699. The van der Waals surface area contributed by atoms with Crippen molar-refractivity contribution in [3.05, 3.63) is 35.6 Å². The molecule has 1 aliphatic heterocycles. The van der Waals surface area contributed by atoms with Gasteiger partial charge in [-0.2, -0.15) is 14.8 Å². The van der Waals surface area contributed by atoms with E-state index >= 15 is 0 Å². The molecule has 7 nitrogen and oxygen atoms in total. The molecule has 2 aromatic rings. The number of carbonyl (C=O) groups is 2. The summed E-state index contributed by atoms with van der Waals surface area (Å²) in [5.41, 5.74) is 0.500. The van der Waals surface area contributed by atoms with Crippen molar-refractivity contribution in [3.8, 4) is 0 Å². The lowest BCUT2D eigenvalue weighted by Crippen LogP contribution is -2.42. The quantitative estimate of drug-likeness (QED) is 0.873. The minimum Gasteiger partial charge on any atom is -0.342 e. The highest BCUT2D eigenvalue weighted by molar-refractivity contribution is 6.33. The third-order valence-corrected chi connectivity index (χ3v) is 3.24. The van der Waals surface area contributed by atoms with Crippen molar-refractivity contribution in [1.82, 2.24) is 14.8 Å². The molecule has 0 spiro atoms. The highest BCUT2D eigenvalue weighted by Crippen LogP contribution is 2.22.